The van der Waals surface area contributed by atoms with Crippen LogP contribution in [0.2, 0.25) is 0 Å². The summed E-state index contributed by atoms with van der Waals surface area (Å²) in [5.41, 5.74) is 2.01. The highest BCUT2D eigenvalue weighted by Crippen LogP contribution is 2.56. The van der Waals surface area contributed by atoms with E-state index < -0.39 is 11.2 Å². The second-order valence-electron chi connectivity index (χ2n) is 13.2. The van der Waals surface area contributed by atoms with Crippen LogP contribution in [0.15, 0.2) is 54.1 Å². The SMILES string of the molecule is CC(C)=CCC[C@@]1(C)Oc2c(OCc3cccc(F)c3)cccc2[C@H]2O[C@H]3CCN(C(=O)OC(C)(C)C)C[C@@H]3C[C@@H]21. The molecule has 222 valence electrons. The predicted octanol–water partition coefficient (Wildman–Crippen LogP) is 8.01. The van der Waals surface area contributed by atoms with Crippen LogP contribution in [0.5, 0.6) is 11.5 Å². The van der Waals surface area contributed by atoms with E-state index in [2.05, 4.69) is 32.9 Å². The predicted molar refractivity (Wildman–Crippen MR) is 157 cm³/mol. The first-order chi connectivity index (χ1) is 19.4. The summed E-state index contributed by atoms with van der Waals surface area (Å²) >= 11 is 0. The number of allylic oxidation sites excluding steroid dienone is 2. The van der Waals surface area contributed by atoms with Crippen molar-refractivity contribution in [2.75, 3.05) is 13.1 Å². The number of para-hydroxylation sites is 1. The zero-order valence-corrected chi connectivity index (χ0v) is 25.2. The molecule has 1 amide bonds. The molecule has 5 atom stereocenters. The number of rotatable bonds is 6. The number of carbonyl (C=O) groups excluding carboxylic acids is 1. The van der Waals surface area contributed by atoms with Gasteiger partial charge in [-0.15, -0.1) is 0 Å². The summed E-state index contributed by atoms with van der Waals surface area (Å²) in [6.07, 6.45) is 5.30. The minimum atomic E-state index is -0.527. The number of benzene rings is 2. The molecule has 3 aliphatic rings. The molecule has 6 nitrogen and oxygen atoms in total. The molecule has 0 saturated carbocycles. The number of nitrogens with zero attached hydrogens (tertiary/aromatic N) is 1. The Morgan fingerprint density at radius 1 is 1.20 bits per heavy atom. The first kappa shape index (κ1) is 29.4. The van der Waals surface area contributed by atoms with Crippen LogP contribution in [0.1, 0.15) is 84.5 Å². The summed E-state index contributed by atoms with van der Waals surface area (Å²) in [5.74, 6) is 1.39. The maximum absolute atomic E-state index is 13.8. The van der Waals surface area contributed by atoms with Crippen molar-refractivity contribution in [2.45, 2.75) is 97.2 Å². The Labute approximate surface area is 243 Å². The van der Waals surface area contributed by atoms with Gasteiger partial charge >= 0.3 is 6.09 Å². The quantitative estimate of drug-likeness (QED) is 0.332. The summed E-state index contributed by atoms with van der Waals surface area (Å²) in [7, 11) is 0. The molecule has 0 radical (unpaired) electrons. The molecule has 41 heavy (non-hydrogen) atoms. The lowest BCUT2D eigenvalue weighted by Crippen LogP contribution is -2.57. The van der Waals surface area contributed by atoms with Gasteiger partial charge in [0.1, 0.15) is 23.6 Å². The molecule has 3 heterocycles. The smallest absolute Gasteiger partial charge is 0.410 e. The normalized spacial score (nSPS) is 27.0. The van der Waals surface area contributed by atoms with E-state index in [9.17, 15) is 9.18 Å². The van der Waals surface area contributed by atoms with Crippen molar-refractivity contribution in [3.05, 3.63) is 71.1 Å². The molecule has 2 saturated heterocycles. The van der Waals surface area contributed by atoms with Crippen LogP contribution < -0.4 is 9.47 Å². The van der Waals surface area contributed by atoms with Gasteiger partial charge in [0.25, 0.3) is 0 Å². The third-order valence-electron chi connectivity index (χ3n) is 8.47. The maximum Gasteiger partial charge on any atom is 0.410 e. The number of halogens is 1. The summed E-state index contributed by atoms with van der Waals surface area (Å²) in [4.78, 5) is 14.7. The molecule has 0 aliphatic carbocycles. The van der Waals surface area contributed by atoms with E-state index in [0.717, 1.165) is 42.6 Å². The number of hydrogen-bond acceptors (Lipinski definition) is 5. The number of fused-ring (bicyclic) bond motifs is 4. The van der Waals surface area contributed by atoms with Crippen LogP contribution in [0.4, 0.5) is 9.18 Å². The lowest BCUT2D eigenvalue weighted by Gasteiger charge is -2.54. The summed E-state index contributed by atoms with van der Waals surface area (Å²) in [6, 6.07) is 12.4. The summed E-state index contributed by atoms with van der Waals surface area (Å²) in [5, 5.41) is 0. The Hall–Kier alpha value is -3.06. The van der Waals surface area contributed by atoms with Gasteiger partial charge in [0.2, 0.25) is 0 Å². The average molecular weight is 566 g/mol. The molecule has 0 aromatic heterocycles. The molecule has 0 unspecified atom stereocenters. The number of amides is 1. The first-order valence-electron chi connectivity index (χ1n) is 14.9. The average Bonchev–Trinajstić information content (AvgIpc) is 2.90. The number of hydrogen-bond donors (Lipinski definition) is 0. The van der Waals surface area contributed by atoms with Gasteiger partial charge in [-0.2, -0.15) is 0 Å². The van der Waals surface area contributed by atoms with E-state index >= 15 is 0 Å². The van der Waals surface area contributed by atoms with E-state index in [1.165, 1.54) is 17.7 Å². The van der Waals surface area contributed by atoms with Gasteiger partial charge < -0.3 is 23.8 Å². The molecule has 2 aromatic carbocycles. The fourth-order valence-corrected chi connectivity index (χ4v) is 6.46. The molecular formula is C34H44FNO5. The van der Waals surface area contributed by atoms with Gasteiger partial charge in [0.15, 0.2) is 11.5 Å². The highest BCUT2D eigenvalue weighted by Gasteiger charge is 2.54. The fourth-order valence-electron chi connectivity index (χ4n) is 6.46. The molecule has 2 aromatic rings. The van der Waals surface area contributed by atoms with Crippen molar-refractivity contribution in [2.24, 2.45) is 11.8 Å². The fraction of sp³-hybridized carbons (Fsp3) is 0.559. The second kappa shape index (κ2) is 11.7. The van der Waals surface area contributed by atoms with Crippen molar-refractivity contribution >= 4 is 6.09 Å². The molecule has 3 aliphatic heterocycles. The molecule has 7 heteroatoms. The van der Waals surface area contributed by atoms with Crippen LogP contribution >= 0.6 is 0 Å². The third-order valence-corrected chi connectivity index (χ3v) is 8.47. The standard InChI is InChI=1S/C34H44FNO5/c1-22(2)10-9-16-34(6)27-19-24-20-36(32(37)41-33(3,4)5)17-15-28(24)39-30(27)26-13-8-14-29(31(26)40-34)38-21-23-11-7-12-25(35)18-23/h7-8,10-14,18,24,27-28,30H,9,15-17,19-21H2,1-6H3/t24-,27-,28-,30+,34+/m0/s1. The van der Waals surface area contributed by atoms with E-state index in [4.69, 9.17) is 18.9 Å². The number of piperidine rings is 1. The molecule has 5 rings (SSSR count). The van der Waals surface area contributed by atoms with E-state index in [1.54, 1.807) is 6.07 Å². The van der Waals surface area contributed by atoms with Crippen LogP contribution in [0, 0.1) is 17.7 Å². The van der Waals surface area contributed by atoms with Crippen LogP contribution in [0.25, 0.3) is 0 Å². The van der Waals surface area contributed by atoms with E-state index in [-0.39, 0.29) is 42.6 Å². The molecular weight excluding hydrogens is 521 g/mol. The monoisotopic (exact) mass is 565 g/mol. The number of ether oxygens (including phenoxy) is 4. The summed E-state index contributed by atoms with van der Waals surface area (Å²) in [6.45, 7) is 13.6. The van der Waals surface area contributed by atoms with E-state index in [0.29, 0.717) is 18.8 Å². The van der Waals surface area contributed by atoms with Gasteiger partial charge in [0.05, 0.1) is 12.2 Å². The Kier molecular flexibility index (Phi) is 8.38. The van der Waals surface area contributed by atoms with Crippen molar-refractivity contribution < 1.29 is 28.1 Å². The van der Waals surface area contributed by atoms with Gasteiger partial charge in [-0.3, -0.25) is 0 Å². The highest BCUT2D eigenvalue weighted by molar-refractivity contribution is 5.68. The van der Waals surface area contributed by atoms with E-state index in [1.807, 2.05) is 43.9 Å². The minimum absolute atomic E-state index is 0.0554. The zero-order chi connectivity index (χ0) is 29.4. The second-order valence-corrected chi connectivity index (χ2v) is 13.2. The lowest BCUT2D eigenvalue weighted by molar-refractivity contribution is -0.191. The minimum Gasteiger partial charge on any atom is -0.485 e. The van der Waals surface area contributed by atoms with Crippen molar-refractivity contribution in [1.82, 2.24) is 4.90 Å². The van der Waals surface area contributed by atoms with Crippen molar-refractivity contribution in [3.63, 3.8) is 0 Å². The first-order valence-corrected chi connectivity index (χ1v) is 14.9. The zero-order valence-electron chi connectivity index (χ0n) is 25.2. The van der Waals surface area contributed by atoms with Gasteiger partial charge in [0, 0.05) is 30.5 Å². The van der Waals surface area contributed by atoms with Crippen LogP contribution in [0.3, 0.4) is 0 Å². The molecule has 0 bridgehead atoms. The Bertz CT molecular complexity index is 1280. The summed E-state index contributed by atoms with van der Waals surface area (Å²) < 4.78 is 39.5. The van der Waals surface area contributed by atoms with Gasteiger partial charge in [-0.25, -0.2) is 9.18 Å². The third kappa shape index (κ3) is 6.72. The van der Waals surface area contributed by atoms with Crippen LogP contribution in [-0.2, 0) is 16.1 Å². The lowest BCUT2D eigenvalue weighted by atomic mass is 9.68. The van der Waals surface area contributed by atoms with Crippen molar-refractivity contribution in [3.8, 4) is 11.5 Å². The van der Waals surface area contributed by atoms with Crippen LogP contribution in [-0.4, -0.2) is 41.4 Å². The Morgan fingerprint density at radius 3 is 2.71 bits per heavy atom. The largest absolute Gasteiger partial charge is 0.485 e. The Morgan fingerprint density at radius 2 is 1.98 bits per heavy atom. The number of likely N-dealkylation sites (tertiary alicyclic amines) is 1. The highest BCUT2D eigenvalue weighted by atomic mass is 19.1. The molecule has 0 N–H and O–H groups in total. The number of carbonyl (C=O) groups is 1. The Balaban J connectivity index is 1.41. The molecule has 0 spiro atoms. The van der Waals surface area contributed by atoms with Gasteiger partial charge in [-0.1, -0.05) is 35.9 Å². The molecule has 2 fully saturated rings. The topological polar surface area (TPSA) is 57.2 Å². The van der Waals surface area contributed by atoms with Crippen molar-refractivity contribution in [1.29, 1.82) is 0 Å². The maximum atomic E-state index is 13.8. The van der Waals surface area contributed by atoms with Gasteiger partial charge in [-0.05, 0) is 91.0 Å².